The summed E-state index contributed by atoms with van der Waals surface area (Å²) in [6, 6.07) is 3.82. The number of nitrogens with one attached hydrogen (secondary N) is 1. The molecule has 0 aromatic carbocycles. The molecule has 0 amide bonds. The summed E-state index contributed by atoms with van der Waals surface area (Å²) in [4.78, 5) is 4.20. The van der Waals surface area contributed by atoms with Crippen LogP contribution in [0.1, 0.15) is 0 Å². The molecule has 0 unspecified atom stereocenters. The molecule has 84 valence electrons. The number of nitrogens with two attached hydrogens (primary N) is 1. The molecule has 2 heterocycles. The fourth-order valence-electron chi connectivity index (χ4n) is 1.31. The van der Waals surface area contributed by atoms with Crippen molar-refractivity contribution in [3.8, 4) is 0 Å². The van der Waals surface area contributed by atoms with Gasteiger partial charge in [0.15, 0.2) is 0 Å². The van der Waals surface area contributed by atoms with Crippen LogP contribution in [0.2, 0.25) is 0 Å². The third kappa shape index (κ3) is 2.73. The van der Waals surface area contributed by atoms with Gasteiger partial charge in [0.1, 0.15) is 5.82 Å². The molecule has 6 heteroatoms. The molecule has 0 bridgehead atoms. The summed E-state index contributed by atoms with van der Waals surface area (Å²) >= 11 is 3.42. The number of rotatable bonds is 4. The average molecular weight is 282 g/mol. The summed E-state index contributed by atoms with van der Waals surface area (Å²) in [5.41, 5.74) is 6.24. The maximum Gasteiger partial charge on any atom is 0.140 e. The molecule has 0 aliphatic carbocycles. The molecule has 2 aromatic rings. The normalized spacial score (nSPS) is 10.3. The van der Waals surface area contributed by atoms with E-state index in [9.17, 15) is 0 Å². The van der Waals surface area contributed by atoms with Crippen molar-refractivity contribution in [3.63, 3.8) is 0 Å². The van der Waals surface area contributed by atoms with E-state index in [1.54, 1.807) is 23.3 Å². The molecule has 0 fully saturated rings. The van der Waals surface area contributed by atoms with E-state index < -0.39 is 0 Å². The average Bonchev–Trinajstić information content (AvgIpc) is 2.67. The van der Waals surface area contributed by atoms with E-state index in [4.69, 9.17) is 5.73 Å². The maximum atomic E-state index is 5.56. The van der Waals surface area contributed by atoms with Crippen LogP contribution in [-0.2, 0) is 6.54 Å². The van der Waals surface area contributed by atoms with E-state index in [1.165, 1.54) is 0 Å². The molecule has 0 aliphatic rings. The van der Waals surface area contributed by atoms with Crippen LogP contribution in [0, 0.1) is 0 Å². The van der Waals surface area contributed by atoms with E-state index in [1.807, 2.05) is 12.1 Å². The smallest absolute Gasteiger partial charge is 0.140 e. The highest BCUT2D eigenvalue weighted by atomic mass is 79.9. The Morgan fingerprint density at radius 3 is 3.06 bits per heavy atom. The van der Waals surface area contributed by atoms with Gasteiger partial charge in [-0.25, -0.2) is 4.98 Å². The highest BCUT2D eigenvalue weighted by Crippen LogP contribution is 2.17. The first-order chi connectivity index (χ1) is 7.75. The minimum absolute atomic E-state index is 0.680. The molecule has 0 saturated heterocycles. The molecule has 0 saturated carbocycles. The summed E-state index contributed by atoms with van der Waals surface area (Å²) in [5.74, 6) is 0.836. The largest absolute Gasteiger partial charge is 0.396 e. The lowest BCUT2D eigenvalue weighted by molar-refractivity contribution is 0.637. The second kappa shape index (κ2) is 4.98. The second-order valence-corrected chi connectivity index (χ2v) is 4.15. The number of hydrogen-bond donors (Lipinski definition) is 2. The molecule has 2 aromatic heterocycles. The lowest BCUT2D eigenvalue weighted by Crippen LogP contribution is -2.11. The molecule has 16 heavy (non-hydrogen) atoms. The fourth-order valence-corrected chi connectivity index (χ4v) is 1.70. The molecular weight excluding hydrogens is 270 g/mol. The third-order valence-electron chi connectivity index (χ3n) is 2.05. The Kier molecular flexibility index (Phi) is 3.40. The van der Waals surface area contributed by atoms with Gasteiger partial charge in [-0.2, -0.15) is 5.10 Å². The van der Waals surface area contributed by atoms with Gasteiger partial charge in [-0.05, 0) is 28.1 Å². The Bertz CT molecular complexity index is 468. The summed E-state index contributed by atoms with van der Waals surface area (Å²) in [5, 5.41) is 7.30. The standard InChI is InChI=1S/C10H12BrN5/c11-9-2-1-3-13-10(9)14-4-5-16-7-8(12)6-15-16/h1-3,6-7H,4-5,12H2,(H,13,14). The number of aromatic nitrogens is 3. The van der Waals surface area contributed by atoms with Gasteiger partial charge >= 0.3 is 0 Å². The van der Waals surface area contributed by atoms with Crippen LogP contribution >= 0.6 is 15.9 Å². The van der Waals surface area contributed by atoms with Gasteiger partial charge in [0.2, 0.25) is 0 Å². The first kappa shape index (κ1) is 10.9. The molecule has 3 N–H and O–H groups in total. The van der Waals surface area contributed by atoms with E-state index >= 15 is 0 Å². The quantitative estimate of drug-likeness (QED) is 0.896. The van der Waals surface area contributed by atoms with Crippen molar-refractivity contribution in [1.82, 2.24) is 14.8 Å². The van der Waals surface area contributed by atoms with Crippen molar-refractivity contribution in [2.75, 3.05) is 17.6 Å². The van der Waals surface area contributed by atoms with Crippen LogP contribution in [0.3, 0.4) is 0 Å². The maximum absolute atomic E-state index is 5.56. The van der Waals surface area contributed by atoms with E-state index in [0.717, 1.165) is 23.4 Å². The molecule has 0 atom stereocenters. The highest BCUT2D eigenvalue weighted by molar-refractivity contribution is 9.10. The Hall–Kier alpha value is -1.56. The zero-order valence-corrected chi connectivity index (χ0v) is 10.2. The minimum Gasteiger partial charge on any atom is -0.396 e. The van der Waals surface area contributed by atoms with Crippen LogP contribution in [0.4, 0.5) is 11.5 Å². The molecule has 0 radical (unpaired) electrons. The molecule has 0 spiro atoms. The predicted molar refractivity (Wildman–Crippen MR) is 67.1 cm³/mol. The van der Waals surface area contributed by atoms with Crippen LogP contribution < -0.4 is 11.1 Å². The Morgan fingerprint density at radius 2 is 2.38 bits per heavy atom. The van der Waals surface area contributed by atoms with E-state index in [2.05, 4.69) is 31.3 Å². The van der Waals surface area contributed by atoms with Crippen LogP contribution in [0.25, 0.3) is 0 Å². The van der Waals surface area contributed by atoms with Crippen molar-refractivity contribution < 1.29 is 0 Å². The number of anilines is 2. The summed E-state index contributed by atoms with van der Waals surface area (Å²) in [7, 11) is 0. The second-order valence-electron chi connectivity index (χ2n) is 3.30. The monoisotopic (exact) mass is 281 g/mol. The van der Waals surface area contributed by atoms with Crippen molar-refractivity contribution >= 4 is 27.4 Å². The van der Waals surface area contributed by atoms with Gasteiger partial charge < -0.3 is 11.1 Å². The topological polar surface area (TPSA) is 68.8 Å². The first-order valence-corrected chi connectivity index (χ1v) is 5.67. The van der Waals surface area contributed by atoms with Crippen molar-refractivity contribution in [1.29, 1.82) is 0 Å². The molecule has 0 aliphatic heterocycles. The number of halogens is 1. The van der Waals surface area contributed by atoms with Crippen LogP contribution in [0.15, 0.2) is 35.2 Å². The van der Waals surface area contributed by atoms with Crippen molar-refractivity contribution in [2.24, 2.45) is 0 Å². The van der Waals surface area contributed by atoms with Gasteiger partial charge in [-0.15, -0.1) is 0 Å². The summed E-state index contributed by atoms with van der Waals surface area (Å²) < 4.78 is 2.74. The van der Waals surface area contributed by atoms with E-state index in [0.29, 0.717) is 5.69 Å². The Labute approximate surface area is 102 Å². The minimum atomic E-state index is 0.680. The lowest BCUT2D eigenvalue weighted by atomic mass is 10.4. The van der Waals surface area contributed by atoms with Crippen LogP contribution in [0.5, 0.6) is 0 Å². The van der Waals surface area contributed by atoms with Crippen LogP contribution in [-0.4, -0.2) is 21.3 Å². The molecule has 2 rings (SSSR count). The van der Waals surface area contributed by atoms with Crippen molar-refractivity contribution in [3.05, 3.63) is 35.2 Å². The Morgan fingerprint density at radius 1 is 1.50 bits per heavy atom. The van der Waals surface area contributed by atoms with Gasteiger partial charge in [0.25, 0.3) is 0 Å². The third-order valence-corrected chi connectivity index (χ3v) is 2.68. The van der Waals surface area contributed by atoms with Crippen molar-refractivity contribution in [2.45, 2.75) is 6.54 Å². The zero-order chi connectivity index (χ0) is 11.4. The number of pyridine rings is 1. The summed E-state index contributed by atoms with van der Waals surface area (Å²) in [6.45, 7) is 1.50. The molecular formula is C10H12BrN5. The Balaban J connectivity index is 1.87. The number of hydrogen-bond acceptors (Lipinski definition) is 4. The first-order valence-electron chi connectivity index (χ1n) is 4.88. The van der Waals surface area contributed by atoms with E-state index in [-0.39, 0.29) is 0 Å². The SMILES string of the molecule is Nc1cnn(CCNc2ncccc2Br)c1. The van der Waals surface area contributed by atoms with Gasteiger partial charge in [-0.1, -0.05) is 0 Å². The lowest BCUT2D eigenvalue weighted by Gasteiger charge is -2.06. The van der Waals surface area contributed by atoms with Gasteiger partial charge in [0.05, 0.1) is 22.9 Å². The fraction of sp³-hybridized carbons (Fsp3) is 0.200. The number of nitrogens with zero attached hydrogens (tertiary/aromatic N) is 3. The number of nitrogen functional groups attached to an aromatic ring is 1. The van der Waals surface area contributed by atoms with Gasteiger partial charge in [0, 0.05) is 18.9 Å². The summed E-state index contributed by atoms with van der Waals surface area (Å²) in [6.07, 6.45) is 5.19. The predicted octanol–water partition coefficient (Wildman–Crippen LogP) is 1.73. The zero-order valence-electron chi connectivity index (χ0n) is 8.60. The van der Waals surface area contributed by atoms with Gasteiger partial charge in [-0.3, -0.25) is 4.68 Å². The highest BCUT2D eigenvalue weighted by Gasteiger charge is 1.99. The molecule has 5 nitrogen and oxygen atoms in total.